The smallest absolute Gasteiger partial charge is 0.408 e. The molecule has 3 aromatic rings. The Morgan fingerprint density at radius 3 is 2.57 bits per heavy atom. The highest BCUT2D eigenvalue weighted by atomic mass is 32.1. The van der Waals surface area contributed by atoms with Crippen LogP contribution in [-0.4, -0.2) is 89.1 Å². The number of anilines is 2. The van der Waals surface area contributed by atoms with E-state index in [0.717, 1.165) is 46.7 Å². The normalized spacial score (nSPS) is 22.6. The van der Waals surface area contributed by atoms with Crippen LogP contribution in [-0.2, 0) is 35.7 Å². The van der Waals surface area contributed by atoms with Gasteiger partial charge in [-0.15, -0.1) is 11.3 Å². The third-order valence-corrected chi connectivity index (χ3v) is 11.4. The molecule has 2 aliphatic heterocycles. The minimum absolute atomic E-state index is 0.0514. The van der Waals surface area contributed by atoms with Crippen LogP contribution in [0.4, 0.5) is 15.6 Å². The molecule has 5 aliphatic rings. The zero-order chi connectivity index (χ0) is 39.8. The number of fused-ring (bicyclic) bond motifs is 2. The van der Waals surface area contributed by atoms with Gasteiger partial charge in [-0.05, 0) is 89.6 Å². The van der Waals surface area contributed by atoms with Gasteiger partial charge in [0.25, 0.3) is 11.8 Å². The predicted molar refractivity (Wildman–Crippen MR) is 206 cm³/mol. The summed E-state index contributed by atoms with van der Waals surface area (Å²) in [6.45, 7) is 8.75. The highest BCUT2D eigenvalue weighted by molar-refractivity contribution is 7.15. The maximum Gasteiger partial charge on any atom is 0.408 e. The molecular weight excluding hydrogens is 741 g/mol. The van der Waals surface area contributed by atoms with Crippen LogP contribution in [0.3, 0.4) is 0 Å². The number of carbonyl (C=O) groups is 6. The predicted octanol–water partition coefficient (Wildman–Crippen LogP) is 4.63. The van der Waals surface area contributed by atoms with Gasteiger partial charge < -0.3 is 30.2 Å². The zero-order valence-corrected chi connectivity index (χ0v) is 32.7. The molecule has 2 bridgehead atoms. The number of imide groups is 2. The molecule has 4 N–H and O–H groups in total. The number of hydrogen-bond acceptors (Lipinski definition) is 12. The lowest BCUT2D eigenvalue weighted by molar-refractivity contribution is -0.136. The fourth-order valence-electron chi connectivity index (χ4n) is 8.31. The molecule has 4 fully saturated rings. The van der Waals surface area contributed by atoms with E-state index >= 15 is 0 Å². The van der Waals surface area contributed by atoms with E-state index in [1.807, 2.05) is 52.0 Å². The molecule has 8 rings (SSSR count). The quantitative estimate of drug-likeness (QED) is 0.132. The molecule has 16 heteroatoms. The van der Waals surface area contributed by atoms with Gasteiger partial charge in [0, 0.05) is 34.5 Å². The van der Waals surface area contributed by atoms with E-state index in [9.17, 15) is 28.8 Å². The Balaban J connectivity index is 0.830. The molecule has 15 nitrogen and oxygen atoms in total. The molecule has 3 aliphatic carbocycles. The molecule has 56 heavy (non-hydrogen) atoms. The molecular formula is C40H46N6O9S. The van der Waals surface area contributed by atoms with E-state index in [4.69, 9.17) is 19.2 Å². The summed E-state index contributed by atoms with van der Waals surface area (Å²) >= 11 is 1.46. The van der Waals surface area contributed by atoms with Gasteiger partial charge >= 0.3 is 6.09 Å². The number of rotatable bonds is 14. The summed E-state index contributed by atoms with van der Waals surface area (Å²) in [4.78, 5) is 82.6. The number of aromatic nitrogens is 1. The molecule has 1 unspecified atom stereocenters. The third kappa shape index (κ3) is 8.12. The fraction of sp³-hybridized carbons (Fsp3) is 0.475. The number of carbonyl (C=O) groups excluding carboxylic acids is 6. The molecule has 1 atom stereocenters. The lowest BCUT2D eigenvalue weighted by Gasteiger charge is -2.47. The first-order valence-electron chi connectivity index (χ1n) is 18.8. The third-order valence-electron chi connectivity index (χ3n) is 10.5. The number of alkyl carbamates (subject to hydrolysis) is 1. The lowest BCUT2D eigenvalue weighted by atomic mass is 9.63. The van der Waals surface area contributed by atoms with Crippen molar-refractivity contribution in [1.29, 1.82) is 0 Å². The number of piperidine rings is 1. The van der Waals surface area contributed by atoms with E-state index in [1.165, 1.54) is 11.3 Å². The Morgan fingerprint density at radius 2 is 1.80 bits per heavy atom. The molecule has 1 aromatic heterocycles. The number of aryl methyl sites for hydroxylation is 1. The van der Waals surface area contributed by atoms with Crippen molar-refractivity contribution in [3.63, 3.8) is 0 Å². The van der Waals surface area contributed by atoms with E-state index in [2.05, 4.69) is 21.3 Å². The second-order valence-corrected chi connectivity index (χ2v) is 17.1. The van der Waals surface area contributed by atoms with E-state index < -0.39 is 35.3 Å². The number of ether oxygens (including phenoxy) is 3. The van der Waals surface area contributed by atoms with Crippen LogP contribution < -0.4 is 26.0 Å². The summed E-state index contributed by atoms with van der Waals surface area (Å²) in [5, 5.41) is 12.0. The monoisotopic (exact) mass is 786 g/mol. The molecule has 2 aromatic carbocycles. The first-order chi connectivity index (χ1) is 26.6. The van der Waals surface area contributed by atoms with Crippen LogP contribution in [0.5, 0.6) is 5.75 Å². The number of amides is 6. The van der Waals surface area contributed by atoms with Crippen LogP contribution in [0.25, 0.3) is 0 Å². The van der Waals surface area contributed by atoms with Gasteiger partial charge in [0.05, 0.1) is 36.5 Å². The van der Waals surface area contributed by atoms with Gasteiger partial charge in [0.2, 0.25) is 17.7 Å². The van der Waals surface area contributed by atoms with Gasteiger partial charge in [0.1, 0.15) is 24.0 Å². The molecule has 296 valence electrons. The van der Waals surface area contributed by atoms with Crippen LogP contribution in [0.1, 0.15) is 96.1 Å². The Hall–Kier alpha value is -5.35. The standard InChI is InChI=1S/C40H46N6O9S/c1-23-32(39-13-14-40(21-39,22-39)45-37(52)55-38(2,3)4)44-36(56-23)43-30(48)20-24-7-5-8-25(19-24)54-18-17-53-16-15-41-27-10-6-9-26-31(27)35(51)46(34(26)50)28-11-12-29(47)42-33(28)49/h5-10,19,28,41H,11-18,20-22H2,1-4H3,(H,45,52)(H,42,47,49)(H,43,44,48). The van der Waals surface area contributed by atoms with Gasteiger partial charge in [-0.2, -0.15) is 0 Å². The van der Waals surface area contributed by atoms with Crippen molar-refractivity contribution in [1.82, 2.24) is 20.5 Å². The van der Waals surface area contributed by atoms with Crippen LogP contribution >= 0.6 is 11.3 Å². The SMILES string of the molecule is Cc1sc(NC(=O)Cc2cccc(OCCOCCNc3cccc4c3C(=O)N(C3CCC(=O)NC3=O)C4=O)c2)nc1C12CCC(NC(=O)OC(C)(C)C)(C1)C2. The minimum Gasteiger partial charge on any atom is -0.491 e. The average molecular weight is 787 g/mol. The summed E-state index contributed by atoms with van der Waals surface area (Å²) in [6.07, 6.45) is 3.29. The van der Waals surface area contributed by atoms with Crippen molar-refractivity contribution in [2.45, 2.75) is 95.2 Å². The summed E-state index contributed by atoms with van der Waals surface area (Å²) in [7, 11) is 0. The number of nitrogens with one attached hydrogen (secondary N) is 4. The summed E-state index contributed by atoms with van der Waals surface area (Å²) < 4.78 is 17.1. The first kappa shape index (κ1) is 38.9. The van der Waals surface area contributed by atoms with Crippen molar-refractivity contribution in [2.24, 2.45) is 0 Å². The fourth-order valence-corrected chi connectivity index (χ4v) is 9.26. The van der Waals surface area contributed by atoms with Crippen molar-refractivity contribution in [3.8, 4) is 5.75 Å². The molecule has 0 radical (unpaired) electrons. The van der Waals surface area contributed by atoms with E-state index in [-0.39, 0.29) is 73.2 Å². The van der Waals surface area contributed by atoms with Gasteiger partial charge in [-0.25, -0.2) is 9.78 Å². The number of benzene rings is 2. The maximum absolute atomic E-state index is 13.3. The first-order valence-corrected chi connectivity index (χ1v) is 19.6. The highest BCUT2D eigenvalue weighted by Crippen LogP contribution is 2.63. The Bertz CT molecular complexity index is 2090. The van der Waals surface area contributed by atoms with Crippen LogP contribution in [0, 0.1) is 6.92 Å². The van der Waals surface area contributed by atoms with Gasteiger partial charge in [-0.3, -0.25) is 34.2 Å². The lowest BCUT2D eigenvalue weighted by Crippen LogP contribution is -2.58. The maximum atomic E-state index is 13.3. The van der Waals surface area contributed by atoms with Crippen molar-refractivity contribution in [2.75, 3.05) is 37.0 Å². The number of hydrogen-bond donors (Lipinski definition) is 4. The Labute approximate surface area is 328 Å². The second kappa shape index (κ2) is 15.3. The van der Waals surface area contributed by atoms with Crippen molar-refractivity contribution < 1.29 is 43.0 Å². The molecule has 0 spiro atoms. The van der Waals surface area contributed by atoms with E-state index in [1.54, 1.807) is 18.2 Å². The minimum atomic E-state index is -1.03. The average Bonchev–Trinajstić information content (AvgIpc) is 3.84. The summed E-state index contributed by atoms with van der Waals surface area (Å²) in [5.74, 6) is -1.81. The largest absolute Gasteiger partial charge is 0.491 e. The van der Waals surface area contributed by atoms with Crippen LogP contribution in [0.2, 0.25) is 0 Å². The Morgan fingerprint density at radius 1 is 1.02 bits per heavy atom. The van der Waals surface area contributed by atoms with Crippen molar-refractivity contribution in [3.05, 3.63) is 69.7 Å². The second-order valence-electron chi connectivity index (χ2n) is 15.9. The van der Waals surface area contributed by atoms with Crippen LogP contribution in [0.15, 0.2) is 42.5 Å². The van der Waals surface area contributed by atoms with Gasteiger partial charge in [0.15, 0.2) is 5.13 Å². The number of thiazole rings is 1. The molecule has 1 saturated heterocycles. The zero-order valence-electron chi connectivity index (χ0n) is 31.9. The Kier molecular flexibility index (Phi) is 10.6. The summed E-state index contributed by atoms with van der Waals surface area (Å²) in [6, 6.07) is 11.2. The number of nitrogens with zero attached hydrogens (tertiary/aromatic N) is 2. The topological polar surface area (TPSA) is 194 Å². The molecule has 3 saturated carbocycles. The summed E-state index contributed by atoms with van der Waals surface area (Å²) in [5.41, 5.74) is 1.70. The van der Waals surface area contributed by atoms with Crippen molar-refractivity contribution >= 4 is 57.8 Å². The molecule has 3 heterocycles. The highest BCUT2D eigenvalue weighted by Gasteiger charge is 2.63. The van der Waals surface area contributed by atoms with Gasteiger partial charge in [-0.1, -0.05) is 18.2 Å². The molecule has 6 amide bonds. The van der Waals surface area contributed by atoms with E-state index in [0.29, 0.717) is 23.1 Å².